The molecule has 3 nitrogen and oxygen atoms in total. The average Bonchev–Trinajstić information content (AvgIpc) is 2.27. The van der Waals surface area contributed by atoms with E-state index in [2.05, 4.69) is 29.9 Å². The molecule has 0 bridgehead atoms. The molecule has 0 fully saturated rings. The monoisotopic (exact) mass is 216 g/mol. The Morgan fingerprint density at radius 2 is 2.12 bits per heavy atom. The van der Waals surface area contributed by atoms with Gasteiger partial charge in [0.05, 0.1) is 11.0 Å². The molecule has 0 aliphatic carbocycles. The molecule has 1 heterocycles. The van der Waals surface area contributed by atoms with Crippen LogP contribution in [0.5, 0.6) is 0 Å². The SMILES string of the molecule is CCc1nc2ccc(C(C)C)cc2[nH]c1=O. The van der Waals surface area contributed by atoms with Gasteiger partial charge in [-0.15, -0.1) is 0 Å². The molecule has 2 aromatic rings. The van der Waals surface area contributed by atoms with Gasteiger partial charge in [-0.1, -0.05) is 26.8 Å². The van der Waals surface area contributed by atoms with Crippen molar-refractivity contribution in [1.82, 2.24) is 9.97 Å². The maximum atomic E-state index is 11.6. The van der Waals surface area contributed by atoms with Crippen molar-refractivity contribution in [2.45, 2.75) is 33.1 Å². The Balaban J connectivity index is 2.67. The molecule has 16 heavy (non-hydrogen) atoms. The second-order valence-corrected chi connectivity index (χ2v) is 4.30. The number of nitrogens with zero attached hydrogens (tertiary/aromatic N) is 1. The van der Waals surface area contributed by atoms with Crippen molar-refractivity contribution in [1.29, 1.82) is 0 Å². The third-order valence-electron chi connectivity index (χ3n) is 2.79. The lowest BCUT2D eigenvalue weighted by atomic mass is 10.0. The van der Waals surface area contributed by atoms with Gasteiger partial charge in [-0.2, -0.15) is 0 Å². The van der Waals surface area contributed by atoms with Crippen molar-refractivity contribution in [3.05, 3.63) is 39.8 Å². The second kappa shape index (κ2) is 4.08. The van der Waals surface area contributed by atoms with Gasteiger partial charge in [-0.3, -0.25) is 4.79 Å². The highest BCUT2D eigenvalue weighted by Crippen LogP contribution is 2.18. The van der Waals surface area contributed by atoms with Crippen LogP contribution >= 0.6 is 0 Å². The number of aromatic amines is 1. The van der Waals surface area contributed by atoms with E-state index in [1.54, 1.807) is 0 Å². The lowest BCUT2D eigenvalue weighted by Crippen LogP contribution is -2.14. The quantitative estimate of drug-likeness (QED) is 0.838. The second-order valence-electron chi connectivity index (χ2n) is 4.30. The minimum atomic E-state index is -0.0732. The topological polar surface area (TPSA) is 45.8 Å². The summed E-state index contributed by atoms with van der Waals surface area (Å²) in [6, 6.07) is 6.05. The molecule has 0 spiro atoms. The maximum absolute atomic E-state index is 11.6. The van der Waals surface area contributed by atoms with Gasteiger partial charge < -0.3 is 4.98 Å². The smallest absolute Gasteiger partial charge is 0.270 e. The van der Waals surface area contributed by atoms with Gasteiger partial charge in [0, 0.05) is 0 Å². The first-order chi connectivity index (χ1) is 7.61. The van der Waals surface area contributed by atoms with Gasteiger partial charge in [0.15, 0.2) is 0 Å². The fraction of sp³-hybridized carbons (Fsp3) is 0.385. The fourth-order valence-electron chi connectivity index (χ4n) is 1.74. The van der Waals surface area contributed by atoms with Crippen molar-refractivity contribution >= 4 is 11.0 Å². The van der Waals surface area contributed by atoms with Crippen molar-refractivity contribution in [3.8, 4) is 0 Å². The normalized spacial score (nSPS) is 11.2. The van der Waals surface area contributed by atoms with Crippen LogP contribution in [0.25, 0.3) is 11.0 Å². The standard InChI is InChI=1S/C13H16N2O/c1-4-10-13(16)15-12-7-9(8(2)3)5-6-11(12)14-10/h5-8H,4H2,1-3H3,(H,15,16). The molecule has 1 N–H and O–H groups in total. The molecule has 3 heteroatoms. The first kappa shape index (κ1) is 10.9. The summed E-state index contributed by atoms with van der Waals surface area (Å²) >= 11 is 0. The summed E-state index contributed by atoms with van der Waals surface area (Å²) in [6.45, 7) is 6.20. The summed E-state index contributed by atoms with van der Waals surface area (Å²) in [5.74, 6) is 0.457. The van der Waals surface area contributed by atoms with E-state index >= 15 is 0 Å². The number of benzene rings is 1. The number of hydrogen-bond donors (Lipinski definition) is 1. The van der Waals surface area contributed by atoms with Crippen molar-refractivity contribution < 1.29 is 0 Å². The van der Waals surface area contributed by atoms with Crippen LogP contribution in [0.3, 0.4) is 0 Å². The van der Waals surface area contributed by atoms with Crippen molar-refractivity contribution in [2.24, 2.45) is 0 Å². The van der Waals surface area contributed by atoms with Crippen LogP contribution in [0.15, 0.2) is 23.0 Å². The van der Waals surface area contributed by atoms with Gasteiger partial charge in [-0.05, 0) is 30.0 Å². The number of fused-ring (bicyclic) bond motifs is 1. The number of nitrogens with one attached hydrogen (secondary N) is 1. The maximum Gasteiger partial charge on any atom is 0.270 e. The number of aryl methyl sites for hydroxylation is 1. The summed E-state index contributed by atoms with van der Waals surface area (Å²) < 4.78 is 0. The Hall–Kier alpha value is -1.64. The summed E-state index contributed by atoms with van der Waals surface area (Å²) in [7, 11) is 0. The molecule has 0 aliphatic rings. The number of H-pyrrole nitrogens is 1. The van der Waals surface area contributed by atoms with E-state index in [1.165, 1.54) is 5.56 Å². The van der Waals surface area contributed by atoms with Gasteiger partial charge in [0.2, 0.25) is 0 Å². The first-order valence-electron chi connectivity index (χ1n) is 5.64. The van der Waals surface area contributed by atoms with Gasteiger partial charge in [0.25, 0.3) is 5.56 Å². The Morgan fingerprint density at radius 3 is 2.75 bits per heavy atom. The van der Waals surface area contributed by atoms with Crippen molar-refractivity contribution in [3.63, 3.8) is 0 Å². The van der Waals surface area contributed by atoms with Crippen LogP contribution in [0, 0.1) is 0 Å². The van der Waals surface area contributed by atoms with E-state index in [0.717, 1.165) is 11.0 Å². The third kappa shape index (κ3) is 1.85. The van der Waals surface area contributed by atoms with Crippen LogP contribution in [-0.2, 0) is 6.42 Å². The highest BCUT2D eigenvalue weighted by atomic mass is 16.1. The minimum absolute atomic E-state index is 0.0732. The van der Waals surface area contributed by atoms with Gasteiger partial charge in [-0.25, -0.2) is 4.98 Å². The molecular weight excluding hydrogens is 200 g/mol. The molecule has 1 aromatic heterocycles. The zero-order valence-electron chi connectivity index (χ0n) is 9.87. The molecule has 0 saturated carbocycles. The number of hydrogen-bond acceptors (Lipinski definition) is 2. The van der Waals surface area contributed by atoms with E-state index in [4.69, 9.17) is 0 Å². The van der Waals surface area contributed by atoms with Gasteiger partial charge in [0.1, 0.15) is 5.69 Å². The largest absolute Gasteiger partial charge is 0.319 e. The molecule has 2 rings (SSSR count). The van der Waals surface area contributed by atoms with E-state index in [1.807, 2.05) is 19.1 Å². The van der Waals surface area contributed by atoms with Crippen LogP contribution in [0.2, 0.25) is 0 Å². The summed E-state index contributed by atoms with van der Waals surface area (Å²) in [5.41, 5.74) is 3.43. The van der Waals surface area contributed by atoms with Crippen LogP contribution < -0.4 is 5.56 Å². The molecule has 84 valence electrons. The van der Waals surface area contributed by atoms with Crippen LogP contribution in [-0.4, -0.2) is 9.97 Å². The summed E-state index contributed by atoms with van der Waals surface area (Å²) in [6.07, 6.45) is 0.664. The zero-order valence-corrected chi connectivity index (χ0v) is 9.87. The van der Waals surface area contributed by atoms with Crippen molar-refractivity contribution in [2.75, 3.05) is 0 Å². The molecule has 0 unspecified atom stereocenters. The highest BCUT2D eigenvalue weighted by molar-refractivity contribution is 5.74. The Morgan fingerprint density at radius 1 is 1.38 bits per heavy atom. The Labute approximate surface area is 94.5 Å². The van der Waals surface area contributed by atoms with E-state index in [0.29, 0.717) is 18.0 Å². The molecule has 0 saturated heterocycles. The first-order valence-corrected chi connectivity index (χ1v) is 5.64. The van der Waals surface area contributed by atoms with E-state index < -0.39 is 0 Å². The molecule has 0 aliphatic heterocycles. The molecule has 0 atom stereocenters. The molecular formula is C13H16N2O. The average molecular weight is 216 g/mol. The van der Waals surface area contributed by atoms with Crippen LogP contribution in [0.1, 0.15) is 37.9 Å². The predicted octanol–water partition coefficient (Wildman–Crippen LogP) is 2.61. The zero-order chi connectivity index (χ0) is 11.7. The van der Waals surface area contributed by atoms with E-state index in [-0.39, 0.29) is 5.56 Å². The predicted molar refractivity (Wildman–Crippen MR) is 65.8 cm³/mol. The Kier molecular flexibility index (Phi) is 2.77. The minimum Gasteiger partial charge on any atom is -0.319 e. The lowest BCUT2D eigenvalue weighted by Gasteiger charge is -2.06. The number of rotatable bonds is 2. The molecule has 0 radical (unpaired) electrons. The highest BCUT2D eigenvalue weighted by Gasteiger charge is 2.05. The van der Waals surface area contributed by atoms with Gasteiger partial charge >= 0.3 is 0 Å². The summed E-state index contributed by atoms with van der Waals surface area (Å²) in [4.78, 5) is 18.9. The van der Waals surface area contributed by atoms with E-state index in [9.17, 15) is 4.79 Å². The number of aromatic nitrogens is 2. The lowest BCUT2D eigenvalue weighted by molar-refractivity contribution is 0.867. The third-order valence-corrected chi connectivity index (χ3v) is 2.79. The summed E-state index contributed by atoms with van der Waals surface area (Å²) in [5, 5.41) is 0. The molecule has 0 amide bonds. The molecule has 1 aromatic carbocycles. The Bertz CT molecular complexity index is 570. The fourth-order valence-corrected chi connectivity index (χ4v) is 1.74. The van der Waals surface area contributed by atoms with Crippen LogP contribution in [0.4, 0.5) is 0 Å².